The molecule has 0 spiro atoms. The van der Waals surface area contributed by atoms with E-state index in [9.17, 15) is 9.59 Å². The van der Waals surface area contributed by atoms with Gasteiger partial charge in [0.05, 0.1) is 11.3 Å². The van der Waals surface area contributed by atoms with Crippen LogP contribution in [0.4, 0.5) is 4.79 Å². The maximum atomic E-state index is 12.2. The van der Waals surface area contributed by atoms with Gasteiger partial charge in [-0.25, -0.2) is 14.6 Å². The number of carbonyl (C=O) groups excluding carboxylic acids is 2. The Hall–Kier alpha value is -3.35. The van der Waals surface area contributed by atoms with Crippen molar-refractivity contribution in [3.05, 3.63) is 59.9 Å². The van der Waals surface area contributed by atoms with Crippen molar-refractivity contribution in [1.82, 2.24) is 14.7 Å². The topological polar surface area (TPSA) is 81.9 Å². The summed E-state index contributed by atoms with van der Waals surface area (Å²) >= 11 is 0. The van der Waals surface area contributed by atoms with Gasteiger partial charge in [-0.1, -0.05) is 12.1 Å². The minimum Gasteiger partial charge on any atom is -0.456 e. The molecule has 0 atom stereocenters. The summed E-state index contributed by atoms with van der Waals surface area (Å²) in [6.07, 6.45) is 3.36. The molecule has 0 fully saturated rings. The molecule has 2 aromatic heterocycles. The zero-order chi connectivity index (χ0) is 22.8. The van der Waals surface area contributed by atoms with Crippen LogP contribution in [0.1, 0.15) is 57.5 Å². The average Bonchev–Trinajstić information content (AvgIpc) is 3.07. The summed E-state index contributed by atoms with van der Waals surface area (Å²) in [7, 11) is 0. The molecule has 2 heterocycles. The monoisotopic (exact) mass is 423 g/mol. The molecule has 3 rings (SSSR count). The predicted molar refractivity (Wildman–Crippen MR) is 119 cm³/mol. The summed E-state index contributed by atoms with van der Waals surface area (Å²) in [6, 6.07) is 11.0. The molecular weight excluding hydrogens is 394 g/mol. The lowest BCUT2D eigenvalue weighted by atomic mass is 10.1. The first kappa shape index (κ1) is 22.3. The minimum atomic E-state index is -0.537. The molecule has 0 aliphatic heterocycles. The Labute approximate surface area is 182 Å². The van der Waals surface area contributed by atoms with E-state index in [1.807, 2.05) is 82.6 Å². The zero-order valence-corrected chi connectivity index (χ0v) is 18.9. The van der Waals surface area contributed by atoms with Gasteiger partial charge >= 0.3 is 12.1 Å². The van der Waals surface area contributed by atoms with Crippen molar-refractivity contribution in [2.45, 2.75) is 59.3 Å². The maximum absolute atomic E-state index is 12.2. The first-order valence-electron chi connectivity index (χ1n) is 10.2. The van der Waals surface area contributed by atoms with Crippen LogP contribution in [0.2, 0.25) is 0 Å². The second kappa shape index (κ2) is 8.41. The summed E-state index contributed by atoms with van der Waals surface area (Å²) in [5, 5.41) is 2.75. The number of fused-ring (bicyclic) bond motifs is 1. The van der Waals surface area contributed by atoms with Gasteiger partial charge in [0, 0.05) is 24.5 Å². The summed E-state index contributed by atoms with van der Waals surface area (Å²) in [4.78, 5) is 28.7. The average molecular weight is 424 g/mol. The first-order valence-corrected chi connectivity index (χ1v) is 10.2. The van der Waals surface area contributed by atoms with E-state index >= 15 is 0 Å². The number of nitrogens with zero attached hydrogens (tertiary/aromatic N) is 2. The second-order valence-electron chi connectivity index (χ2n) is 9.36. The van der Waals surface area contributed by atoms with Crippen LogP contribution in [0.5, 0.6) is 0 Å². The summed E-state index contributed by atoms with van der Waals surface area (Å²) in [5.41, 5.74) is 2.78. The van der Waals surface area contributed by atoms with Gasteiger partial charge in [0.1, 0.15) is 16.8 Å². The number of hydrogen-bond donors (Lipinski definition) is 1. The van der Waals surface area contributed by atoms with Crippen molar-refractivity contribution in [3.8, 4) is 11.3 Å². The standard InChI is InChI=1S/C24H29N3O4/c1-23(2,3)30-21(28)18-9-7-17(8-10-18)19-15-27-12-11-16(13-20(27)26-19)14-25-22(29)31-24(4,5)6/h7-13,15H,14H2,1-6H3,(H,25,29). The van der Waals surface area contributed by atoms with Gasteiger partial charge in [-0.15, -0.1) is 0 Å². The molecule has 1 N–H and O–H groups in total. The molecule has 0 bridgehead atoms. The molecule has 0 radical (unpaired) electrons. The molecule has 3 aromatic rings. The van der Waals surface area contributed by atoms with Crippen LogP contribution >= 0.6 is 0 Å². The number of alkyl carbamates (subject to hydrolysis) is 1. The van der Waals surface area contributed by atoms with E-state index in [1.165, 1.54) is 0 Å². The molecule has 31 heavy (non-hydrogen) atoms. The number of rotatable bonds is 4. The van der Waals surface area contributed by atoms with Gasteiger partial charge in [0.15, 0.2) is 0 Å². The highest BCUT2D eigenvalue weighted by atomic mass is 16.6. The maximum Gasteiger partial charge on any atom is 0.407 e. The van der Waals surface area contributed by atoms with Crippen molar-refractivity contribution in [3.63, 3.8) is 0 Å². The highest BCUT2D eigenvalue weighted by molar-refractivity contribution is 5.90. The van der Waals surface area contributed by atoms with Crippen molar-refractivity contribution >= 4 is 17.7 Å². The molecule has 7 heteroatoms. The number of hydrogen-bond acceptors (Lipinski definition) is 5. The number of esters is 1. The van der Waals surface area contributed by atoms with Crippen LogP contribution in [0.25, 0.3) is 16.9 Å². The number of pyridine rings is 1. The minimum absolute atomic E-state index is 0.345. The molecular formula is C24H29N3O4. The highest BCUT2D eigenvalue weighted by Crippen LogP contribution is 2.21. The fourth-order valence-corrected chi connectivity index (χ4v) is 2.88. The third kappa shape index (κ3) is 6.31. The van der Waals surface area contributed by atoms with Crippen LogP contribution in [0, 0.1) is 0 Å². The summed E-state index contributed by atoms with van der Waals surface area (Å²) < 4.78 is 12.6. The van der Waals surface area contributed by atoms with Crippen LogP contribution in [0.3, 0.4) is 0 Å². The molecule has 0 saturated carbocycles. The van der Waals surface area contributed by atoms with Gasteiger partial charge in [-0.2, -0.15) is 0 Å². The molecule has 1 aromatic carbocycles. The zero-order valence-electron chi connectivity index (χ0n) is 18.9. The van der Waals surface area contributed by atoms with Crippen LogP contribution in [-0.2, 0) is 16.0 Å². The Morgan fingerprint density at radius 2 is 1.61 bits per heavy atom. The van der Waals surface area contributed by atoms with E-state index in [0.717, 1.165) is 22.5 Å². The van der Waals surface area contributed by atoms with Crippen LogP contribution < -0.4 is 5.32 Å². The number of nitrogens with one attached hydrogen (secondary N) is 1. The van der Waals surface area contributed by atoms with E-state index in [4.69, 9.17) is 9.47 Å². The molecule has 0 aliphatic rings. The fourth-order valence-electron chi connectivity index (χ4n) is 2.88. The smallest absolute Gasteiger partial charge is 0.407 e. The lowest BCUT2D eigenvalue weighted by Crippen LogP contribution is -2.32. The third-order valence-electron chi connectivity index (χ3n) is 4.18. The quantitative estimate of drug-likeness (QED) is 0.599. The third-order valence-corrected chi connectivity index (χ3v) is 4.18. The van der Waals surface area contributed by atoms with Gasteiger partial charge in [0.25, 0.3) is 0 Å². The summed E-state index contributed by atoms with van der Waals surface area (Å²) in [5.74, 6) is -0.351. The normalized spacial score (nSPS) is 11.9. The molecule has 0 saturated heterocycles. The van der Waals surface area contributed by atoms with Gasteiger partial charge in [-0.05, 0) is 71.4 Å². The Balaban J connectivity index is 1.71. The molecule has 0 aliphatic carbocycles. The second-order valence-corrected chi connectivity index (χ2v) is 9.36. The Bertz CT molecular complexity index is 1090. The van der Waals surface area contributed by atoms with E-state index in [-0.39, 0.29) is 5.97 Å². The van der Waals surface area contributed by atoms with E-state index in [2.05, 4.69) is 10.3 Å². The van der Waals surface area contributed by atoms with Gasteiger partial charge in [-0.3, -0.25) is 0 Å². The number of carbonyl (C=O) groups is 2. The first-order chi connectivity index (χ1) is 14.4. The van der Waals surface area contributed by atoms with Crippen molar-refractivity contribution in [2.24, 2.45) is 0 Å². The predicted octanol–water partition coefficient (Wildman–Crippen LogP) is 4.98. The largest absolute Gasteiger partial charge is 0.456 e. The number of aromatic nitrogens is 2. The Morgan fingerprint density at radius 3 is 2.23 bits per heavy atom. The van der Waals surface area contributed by atoms with Crippen LogP contribution in [0.15, 0.2) is 48.8 Å². The Kier molecular flexibility index (Phi) is 6.06. The SMILES string of the molecule is CC(C)(C)OC(=O)NCc1ccn2cc(-c3ccc(C(=O)OC(C)(C)C)cc3)nc2c1. The highest BCUT2D eigenvalue weighted by Gasteiger charge is 2.18. The number of imidazole rings is 1. The lowest BCUT2D eigenvalue weighted by molar-refractivity contribution is 0.00692. The molecule has 0 unspecified atom stereocenters. The number of benzene rings is 1. The van der Waals surface area contributed by atoms with Crippen molar-refractivity contribution < 1.29 is 19.1 Å². The van der Waals surface area contributed by atoms with E-state index in [1.54, 1.807) is 12.1 Å². The molecule has 7 nitrogen and oxygen atoms in total. The molecule has 164 valence electrons. The van der Waals surface area contributed by atoms with Crippen molar-refractivity contribution in [2.75, 3.05) is 0 Å². The van der Waals surface area contributed by atoms with Crippen LogP contribution in [-0.4, -0.2) is 32.6 Å². The van der Waals surface area contributed by atoms with E-state index < -0.39 is 17.3 Å². The summed E-state index contributed by atoms with van der Waals surface area (Å²) in [6.45, 7) is 11.3. The van der Waals surface area contributed by atoms with Gasteiger partial charge < -0.3 is 19.2 Å². The van der Waals surface area contributed by atoms with E-state index in [0.29, 0.717) is 12.1 Å². The number of amides is 1. The lowest BCUT2D eigenvalue weighted by Gasteiger charge is -2.19. The molecule has 1 amide bonds. The Morgan fingerprint density at radius 1 is 0.968 bits per heavy atom. The number of ether oxygens (including phenoxy) is 2. The van der Waals surface area contributed by atoms with Crippen molar-refractivity contribution in [1.29, 1.82) is 0 Å². The fraction of sp³-hybridized carbons (Fsp3) is 0.375. The van der Waals surface area contributed by atoms with Gasteiger partial charge in [0.2, 0.25) is 0 Å².